The molecule has 0 radical (unpaired) electrons. The molecule has 0 bridgehead atoms. The first-order valence-electron chi connectivity index (χ1n) is 10.0. The number of aryl methyl sites for hydroxylation is 1. The molecule has 6 nitrogen and oxygen atoms in total. The van der Waals surface area contributed by atoms with Crippen molar-refractivity contribution >= 4 is 5.91 Å². The highest BCUT2D eigenvalue weighted by molar-refractivity contribution is 5.76. The van der Waals surface area contributed by atoms with Crippen molar-refractivity contribution in [2.75, 3.05) is 6.54 Å². The highest BCUT2D eigenvalue weighted by Crippen LogP contribution is 2.42. The Labute approximate surface area is 172 Å². The van der Waals surface area contributed by atoms with Gasteiger partial charge in [0.25, 0.3) is 0 Å². The fourth-order valence-electron chi connectivity index (χ4n) is 4.12. The molecule has 30 heavy (non-hydrogen) atoms. The molecule has 1 N–H and O–H groups in total. The number of amides is 1. The van der Waals surface area contributed by atoms with Crippen LogP contribution in [0.1, 0.15) is 43.6 Å². The molecule has 0 unspecified atom stereocenters. The number of halogens is 2. The van der Waals surface area contributed by atoms with Crippen molar-refractivity contribution < 1.29 is 18.1 Å². The predicted octanol–water partition coefficient (Wildman–Crippen LogP) is 3.97. The van der Waals surface area contributed by atoms with Crippen LogP contribution in [0.2, 0.25) is 0 Å². The standard InChI is InChI=1S/C22H22F2N4O2/c23-16-6-3-7-17(24)20(16)22(10-1-2-11-22)14-26-18(29)8-9-19-27-21(28-30-19)15-5-4-12-25-13-15/h3-7,12-13H,1-2,8-11,14H2,(H,26,29). The average molecular weight is 412 g/mol. The lowest BCUT2D eigenvalue weighted by Gasteiger charge is -2.30. The smallest absolute Gasteiger partial charge is 0.227 e. The van der Waals surface area contributed by atoms with Crippen molar-refractivity contribution in [3.8, 4) is 11.4 Å². The minimum absolute atomic E-state index is 0.0841. The normalized spacial score (nSPS) is 15.3. The molecule has 0 aliphatic heterocycles. The summed E-state index contributed by atoms with van der Waals surface area (Å²) in [6, 6.07) is 7.50. The van der Waals surface area contributed by atoms with E-state index in [0.29, 0.717) is 24.6 Å². The monoisotopic (exact) mass is 412 g/mol. The Morgan fingerprint density at radius 1 is 1.13 bits per heavy atom. The van der Waals surface area contributed by atoms with Crippen LogP contribution >= 0.6 is 0 Å². The topological polar surface area (TPSA) is 80.9 Å². The van der Waals surface area contributed by atoms with E-state index in [1.54, 1.807) is 18.5 Å². The van der Waals surface area contributed by atoms with Gasteiger partial charge in [-0.15, -0.1) is 0 Å². The van der Waals surface area contributed by atoms with Gasteiger partial charge in [-0.1, -0.05) is 24.1 Å². The third kappa shape index (κ3) is 4.22. The lowest BCUT2D eigenvalue weighted by molar-refractivity contribution is -0.121. The van der Waals surface area contributed by atoms with Crippen LogP contribution in [0.25, 0.3) is 11.4 Å². The van der Waals surface area contributed by atoms with Gasteiger partial charge in [-0.3, -0.25) is 9.78 Å². The first-order valence-corrected chi connectivity index (χ1v) is 10.0. The molecule has 3 aromatic rings. The van der Waals surface area contributed by atoms with Crippen LogP contribution in [0.3, 0.4) is 0 Å². The lowest BCUT2D eigenvalue weighted by Crippen LogP contribution is -2.40. The Hall–Kier alpha value is -3.16. The third-order valence-electron chi connectivity index (χ3n) is 5.63. The second kappa shape index (κ2) is 8.69. The van der Waals surface area contributed by atoms with E-state index >= 15 is 0 Å². The van der Waals surface area contributed by atoms with Gasteiger partial charge in [-0.25, -0.2) is 8.78 Å². The molecule has 2 heterocycles. The molecule has 4 rings (SSSR count). The molecular formula is C22H22F2N4O2. The van der Waals surface area contributed by atoms with Crippen LogP contribution in [0.15, 0.2) is 47.2 Å². The Bertz CT molecular complexity index is 997. The molecule has 1 aliphatic carbocycles. The fraction of sp³-hybridized carbons (Fsp3) is 0.364. The SMILES string of the molecule is O=C(CCc1nc(-c2cccnc2)no1)NCC1(c2c(F)cccc2F)CCCC1. The summed E-state index contributed by atoms with van der Waals surface area (Å²) in [7, 11) is 0. The van der Waals surface area contributed by atoms with Gasteiger partial charge in [0.15, 0.2) is 0 Å². The summed E-state index contributed by atoms with van der Waals surface area (Å²) >= 11 is 0. The van der Waals surface area contributed by atoms with Crippen molar-refractivity contribution in [2.24, 2.45) is 0 Å². The van der Waals surface area contributed by atoms with E-state index in [9.17, 15) is 13.6 Å². The first-order chi connectivity index (χ1) is 14.6. The van der Waals surface area contributed by atoms with Crippen LogP contribution in [0, 0.1) is 11.6 Å². The van der Waals surface area contributed by atoms with Crippen LogP contribution < -0.4 is 5.32 Å². The highest BCUT2D eigenvalue weighted by atomic mass is 19.1. The molecule has 0 spiro atoms. The summed E-state index contributed by atoms with van der Waals surface area (Å²) in [4.78, 5) is 20.7. The van der Waals surface area contributed by atoms with Gasteiger partial charge < -0.3 is 9.84 Å². The van der Waals surface area contributed by atoms with Crippen LogP contribution in [0.5, 0.6) is 0 Å². The molecule has 1 amide bonds. The summed E-state index contributed by atoms with van der Waals surface area (Å²) in [5, 5.41) is 6.76. The van der Waals surface area contributed by atoms with Crippen LogP contribution in [-0.2, 0) is 16.6 Å². The van der Waals surface area contributed by atoms with Gasteiger partial charge in [0, 0.05) is 48.3 Å². The Morgan fingerprint density at radius 2 is 1.90 bits per heavy atom. The van der Waals surface area contributed by atoms with E-state index in [1.807, 2.05) is 6.07 Å². The largest absolute Gasteiger partial charge is 0.355 e. The number of benzene rings is 1. The van der Waals surface area contributed by atoms with Gasteiger partial charge in [-0.2, -0.15) is 4.98 Å². The second-order valence-corrected chi connectivity index (χ2v) is 7.61. The molecule has 2 aromatic heterocycles. The molecule has 1 saturated carbocycles. The molecule has 1 fully saturated rings. The second-order valence-electron chi connectivity index (χ2n) is 7.61. The molecule has 8 heteroatoms. The molecule has 156 valence electrons. The van der Waals surface area contributed by atoms with Crippen molar-refractivity contribution in [3.63, 3.8) is 0 Å². The number of rotatable bonds is 7. The van der Waals surface area contributed by atoms with Crippen molar-refractivity contribution in [1.29, 1.82) is 0 Å². The number of carbonyl (C=O) groups is 1. The molecule has 1 aliphatic rings. The van der Waals surface area contributed by atoms with E-state index in [4.69, 9.17) is 4.52 Å². The number of nitrogens with one attached hydrogen (secondary N) is 1. The number of hydrogen-bond donors (Lipinski definition) is 1. The Kier molecular flexibility index (Phi) is 5.83. The number of nitrogens with zero attached hydrogens (tertiary/aromatic N) is 3. The van der Waals surface area contributed by atoms with Crippen molar-refractivity contribution in [3.05, 3.63) is 65.8 Å². The van der Waals surface area contributed by atoms with Gasteiger partial charge >= 0.3 is 0 Å². The van der Waals surface area contributed by atoms with Crippen molar-refractivity contribution in [1.82, 2.24) is 20.4 Å². The zero-order valence-corrected chi connectivity index (χ0v) is 16.4. The molecule has 1 aromatic carbocycles. The quantitative estimate of drug-likeness (QED) is 0.635. The molecule has 0 atom stereocenters. The minimum atomic E-state index is -0.705. The number of hydrogen-bond acceptors (Lipinski definition) is 5. The molecular weight excluding hydrogens is 390 g/mol. The summed E-state index contributed by atoms with van der Waals surface area (Å²) in [5.41, 5.74) is 0.108. The average Bonchev–Trinajstić information content (AvgIpc) is 3.42. The van der Waals surface area contributed by atoms with E-state index in [2.05, 4.69) is 20.4 Å². The predicted molar refractivity (Wildman–Crippen MR) is 105 cm³/mol. The van der Waals surface area contributed by atoms with Gasteiger partial charge in [0.1, 0.15) is 11.6 Å². The minimum Gasteiger partial charge on any atom is -0.355 e. The number of aromatic nitrogens is 3. The number of carbonyl (C=O) groups excluding carboxylic acids is 1. The summed E-state index contributed by atoms with van der Waals surface area (Å²) in [6.07, 6.45) is 6.74. The van der Waals surface area contributed by atoms with Crippen LogP contribution in [0.4, 0.5) is 8.78 Å². The lowest BCUT2D eigenvalue weighted by atomic mass is 9.78. The zero-order chi connectivity index (χ0) is 21.0. The molecule has 0 saturated heterocycles. The Balaban J connectivity index is 1.37. The van der Waals surface area contributed by atoms with E-state index in [-0.39, 0.29) is 30.9 Å². The fourth-order valence-corrected chi connectivity index (χ4v) is 4.12. The third-order valence-corrected chi connectivity index (χ3v) is 5.63. The van der Waals surface area contributed by atoms with E-state index in [1.165, 1.54) is 18.2 Å². The maximum absolute atomic E-state index is 14.4. The van der Waals surface area contributed by atoms with Crippen LogP contribution in [-0.4, -0.2) is 27.6 Å². The Morgan fingerprint density at radius 3 is 2.60 bits per heavy atom. The van der Waals surface area contributed by atoms with Gasteiger partial charge in [0.05, 0.1) is 0 Å². The maximum Gasteiger partial charge on any atom is 0.227 e. The highest BCUT2D eigenvalue weighted by Gasteiger charge is 2.40. The maximum atomic E-state index is 14.4. The number of pyridine rings is 1. The van der Waals surface area contributed by atoms with Gasteiger partial charge in [-0.05, 0) is 37.1 Å². The van der Waals surface area contributed by atoms with E-state index < -0.39 is 17.0 Å². The van der Waals surface area contributed by atoms with Crippen molar-refractivity contribution in [2.45, 2.75) is 43.9 Å². The summed E-state index contributed by atoms with van der Waals surface area (Å²) in [6.45, 7) is 0.203. The summed E-state index contributed by atoms with van der Waals surface area (Å²) in [5.74, 6) is -0.572. The van der Waals surface area contributed by atoms with Gasteiger partial charge in [0.2, 0.25) is 17.6 Å². The zero-order valence-electron chi connectivity index (χ0n) is 16.4. The van der Waals surface area contributed by atoms with E-state index in [0.717, 1.165) is 18.4 Å². The summed E-state index contributed by atoms with van der Waals surface area (Å²) < 4.78 is 34.0. The first kappa shape index (κ1) is 20.1.